The third-order valence-corrected chi connectivity index (χ3v) is 4.04. The van der Waals surface area contributed by atoms with Gasteiger partial charge in [-0.25, -0.2) is 0 Å². The summed E-state index contributed by atoms with van der Waals surface area (Å²) in [5, 5.41) is 4.23. The number of hydrogen-bond donors (Lipinski definition) is 1. The number of hydrogen-bond acceptors (Lipinski definition) is 3. The van der Waals surface area contributed by atoms with Gasteiger partial charge in [-0.1, -0.05) is 25.7 Å². The van der Waals surface area contributed by atoms with E-state index in [1.165, 1.54) is 44.1 Å². The van der Waals surface area contributed by atoms with Crippen molar-refractivity contribution in [2.45, 2.75) is 57.2 Å². The molecule has 0 bridgehead atoms. The molecule has 0 amide bonds. The molecule has 1 aromatic rings. The van der Waals surface area contributed by atoms with Crippen molar-refractivity contribution in [3.05, 3.63) is 18.0 Å². The van der Waals surface area contributed by atoms with Crippen LogP contribution in [0.15, 0.2) is 12.4 Å². The van der Waals surface area contributed by atoms with E-state index in [1.807, 2.05) is 17.9 Å². The van der Waals surface area contributed by atoms with Gasteiger partial charge in [0, 0.05) is 37.4 Å². The van der Waals surface area contributed by atoms with E-state index >= 15 is 0 Å². The molecule has 1 heterocycles. The highest BCUT2D eigenvalue weighted by Gasteiger charge is 2.23. The molecule has 1 fully saturated rings. The van der Waals surface area contributed by atoms with Gasteiger partial charge in [0.1, 0.15) is 0 Å². The van der Waals surface area contributed by atoms with Gasteiger partial charge in [0.2, 0.25) is 0 Å². The largest absolute Gasteiger partial charge is 0.326 e. The molecule has 1 aliphatic rings. The lowest BCUT2D eigenvalue weighted by atomic mass is 9.92. The molecule has 0 saturated heterocycles. The SMILES string of the molecule is CN(Cc1cnn(C)c1)C1CCCCCCC1N. The van der Waals surface area contributed by atoms with Gasteiger partial charge in [-0.05, 0) is 19.9 Å². The fourth-order valence-electron chi connectivity index (χ4n) is 3.00. The van der Waals surface area contributed by atoms with E-state index < -0.39 is 0 Å². The number of aryl methyl sites for hydroxylation is 1. The van der Waals surface area contributed by atoms with Crippen LogP contribution in [0.25, 0.3) is 0 Å². The third-order valence-electron chi connectivity index (χ3n) is 4.04. The maximum Gasteiger partial charge on any atom is 0.0534 e. The zero-order valence-corrected chi connectivity index (χ0v) is 11.7. The van der Waals surface area contributed by atoms with Gasteiger partial charge >= 0.3 is 0 Å². The van der Waals surface area contributed by atoms with E-state index in [4.69, 9.17) is 5.73 Å². The van der Waals surface area contributed by atoms with E-state index in [2.05, 4.69) is 23.2 Å². The summed E-state index contributed by atoms with van der Waals surface area (Å²) in [4.78, 5) is 2.41. The molecule has 0 radical (unpaired) electrons. The predicted octanol–water partition coefficient (Wildman–Crippen LogP) is 1.90. The summed E-state index contributed by atoms with van der Waals surface area (Å²) in [7, 11) is 4.16. The van der Waals surface area contributed by atoms with Crippen LogP contribution in [-0.4, -0.2) is 33.8 Å². The van der Waals surface area contributed by atoms with Crippen molar-refractivity contribution in [3.8, 4) is 0 Å². The Bertz CT molecular complexity index is 360. The lowest BCUT2D eigenvalue weighted by Gasteiger charge is -2.34. The van der Waals surface area contributed by atoms with Crippen LogP contribution in [0.1, 0.15) is 44.1 Å². The molecule has 4 nitrogen and oxygen atoms in total. The number of nitrogens with zero attached hydrogens (tertiary/aromatic N) is 3. The van der Waals surface area contributed by atoms with Crippen molar-refractivity contribution in [1.29, 1.82) is 0 Å². The first kappa shape index (κ1) is 13.6. The Morgan fingerprint density at radius 3 is 2.72 bits per heavy atom. The van der Waals surface area contributed by atoms with Gasteiger partial charge in [0.25, 0.3) is 0 Å². The van der Waals surface area contributed by atoms with Gasteiger partial charge in [-0.2, -0.15) is 5.10 Å². The minimum Gasteiger partial charge on any atom is -0.326 e. The molecule has 18 heavy (non-hydrogen) atoms. The highest BCUT2D eigenvalue weighted by molar-refractivity contribution is 5.03. The lowest BCUT2D eigenvalue weighted by molar-refractivity contribution is 0.174. The van der Waals surface area contributed by atoms with Crippen LogP contribution < -0.4 is 5.73 Å². The van der Waals surface area contributed by atoms with Crippen molar-refractivity contribution in [1.82, 2.24) is 14.7 Å². The Hall–Kier alpha value is -0.870. The highest BCUT2D eigenvalue weighted by Crippen LogP contribution is 2.21. The van der Waals surface area contributed by atoms with Crippen LogP contribution in [0.4, 0.5) is 0 Å². The lowest BCUT2D eigenvalue weighted by Crippen LogP contribution is -2.46. The molecular formula is C14H26N4. The van der Waals surface area contributed by atoms with E-state index in [0.717, 1.165) is 6.54 Å². The summed E-state index contributed by atoms with van der Waals surface area (Å²) in [6.45, 7) is 0.951. The van der Waals surface area contributed by atoms with Crippen LogP contribution in [0, 0.1) is 0 Å². The number of likely N-dealkylation sites (N-methyl/N-ethyl adjacent to an activating group) is 1. The Morgan fingerprint density at radius 1 is 1.33 bits per heavy atom. The van der Waals surface area contributed by atoms with Crippen molar-refractivity contribution in [3.63, 3.8) is 0 Å². The van der Waals surface area contributed by atoms with E-state index in [0.29, 0.717) is 12.1 Å². The van der Waals surface area contributed by atoms with Crippen LogP contribution >= 0.6 is 0 Å². The fourth-order valence-corrected chi connectivity index (χ4v) is 3.00. The smallest absolute Gasteiger partial charge is 0.0534 e. The Morgan fingerprint density at radius 2 is 2.06 bits per heavy atom. The van der Waals surface area contributed by atoms with Crippen molar-refractivity contribution in [2.75, 3.05) is 7.05 Å². The first-order valence-corrected chi connectivity index (χ1v) is 7.10. The first-order chi connectivity index (χ1) is 8.66. The molecule has 1 aliphatic carbocycles. The summed E-state index contributed by atoms with van der Waals surface area (Å²) in [5.41, 5.74) is 7.62. The highest BCUT2D eigenvalue weighted by atomic mass is 15.2. The normalized spacial score (nSPS) is 26.0. The van der Waals surface area contributed by atoms with E-state index in [-0.39, 0.29) is 0 Å². The maximum atomic E-state index is 6.35. The van der Waals surface area contributed by atoms with E-state index in [9.17, 15) is 0 Å². The minimum atomic E-state index is 0.326. The van der Waals surface area contributed by atoms with Crippen LogP contribution in [-0.2, 0) is 13.6 Å². The average Bonchev–Trinajstić information content (AvgIpc) is 2.69. The fraction of sp³-hybridized carbons (Fsp3) is 0.786. The summed E-state index contributed by atoms with van der Waals surface area (Å²) in [5.74, 6) is 0. The molecule has 0 aromatic carbocycles. The minimum absolute atomic E-state index is 0.326. The zero-order valence-electron chi connectivity index (χ0n) is 11.7. The molecule has 2 rings (SSSR count). The van der Waals surface area contributed by atoms with Gasteiger partial charge in [-0.15, -0.1) is 0 Å². The van der Waals surface area contributed by atoms with Crippen LogP contribution in [0.3, 0.4) is 0 Å². The molecule has 2 N–H and O–H groups in total. The molecular weight excluding hydrogens is 224 g/mol. The summed E-state index contributed by atoms with van der Waals surface area (Å²) in [6.07, 6.45) is 11.8. The second kappa shape index (κ2) is 6.34. The molecule has 4 heteroatoms. The second-order valence-corrected chi connectivity index (χ2v) is 5.66. The Labute approximate surface area is 110 Å². The van der Waals surface area contributed by atoms with Gasteiger partial charge in [-0.3, -0.25) is 9.58 Å². The molecule has 0 spiro atoms. The second-order valence-electron chi connectivity index (χ2n) is 5.66. The monoisotopic (exact) mass is 250 g/mol. The van der Waals surface area contributed by atoms with Crippen LogP contribution in [0.5, 0.6) is 0 Å². The summed E-state index contributed by atoms with van der Waals surface area (Å²) >= 11 is 0. The first-order valence-electron chi connectivity index (χ1n) is 7.10. The van der Waals surface area contributed by atoms with Crippen molar-refractivity contribution < 1.29 is 0 Å². The molecule has 1 aromatic heterocycles. The molecule has 0 aliphatic heterocycles. The molecule has 102 valence electrons. The average molecular weight is 250 g/mol. The zero-order chi connectivity index (χ0) is 13.0. The van der Waals surface area contributed by atoms with Crippen molar-refractivity contribution in [2.24, 2.45) is 12.8 Å². The van der Waals surface area contributed by atoms with E-state index in [1.54, 1.807) is 0 Å². The van der Waals surface area contributed by atoms with Gasteiger partial charge < -0.3 is 5.73 Å². The van der Waals surface area contributed by atoms with Crippen molar-refractivity contribution >= 4 is 0 Å². The quantitative estimate of drug-likeness (QED) is 0.891. The molecule has 1 saturated carbocycles. The third kappa shape index (κ3) is 3.56. The summed E-state index contributed by atoms with van der Waals surface area (Å²) in [6, 6.07) is 0.845. The van der Waals surface area contributed by atoms with Crippen LogP contribution in [0.2, 0.25) is 0 Å². The summed E-state index contributed by atoms with van der Waals surface area (Å²) < 4.78 is 1.86. The molecule has 2 atom stereocenters. The number of rotatable bonds is 3. The molecule has 2 unspecified atom stereocenters. The number of aromatic nitrogens is 2. The maximum absolute atomic E-state index is 6.35. The standard InChI is InChI=1S/C14H26N4/c1-17(10-12-9-16-18(2)11-12)14-8-6-4-3-5-7-13(14)15/h9,11,13-14H,3-8,10,15H2,1-2H3. The Kier molecular flexibility index (Phi) is 4.78. The predicted molar refractivity (Wildman–Crippen MR) is 74.1 cm³/mol. The van der Waals surface area contributed by atoms with Gasteiger partial charge in [0.15, 0.2) is 0 Å². The topological polar surface area (TPSA) is 47.1 Å². The van der Waals surface area contributed by atoms with Gasteiger partial charge in [0.05, 0.1) is 6.20 Å². The number of nitrogens with two attached hydrogens (primary N) is 1. The Balaban J connectivity index is 1.94.